The van der Waals surface area contributed by atoms with Gasteiger partial charge in [-0.15, -0.1) is 0 Å². The van der Waals surface area contributed by atoms with E-state index >= 15 is 0 Å². The molecule has 0 aromatic carbocycles. The topological polar surface area (TPSA) is 26.3 Å². The molecule has 4 unspecified atom stereocenters. The molecule has 6 rings (SSSR count). The zero-order valence-corrected chi connectivity index (χ0v) is 27.0. The third kappa shape index (κ3) is 4.90. The maximum absolute atomic E-state index is 12.6. The molecule has 0 amide bonds. The summed E-state index contributed by atoms with van der Waals surface area (Å²) in [5.74, 6) is 3.14. The first-order valence-corrected chi connectivity index (χ1v) is 17.8. The van der Waals surface area contributed by atoms with E-state index in [4.69, 9.17) is 4.74 Å². The summed E-state index contributed by atoms with van der Waals surface area (Å²) in [5, 5.41) is 0. The molecule has 4 aliphatic carbocycles. The maximum Gasteiger partial charge on any atom is 0.303 e. The van der Waals surface area contributed by atoms with E-state index in [1.54, 1.807) is 6.92 Å². The van der Waals surface area contributed by atoms with Gasteiger partial charge in [0.1, 0.15) is 6.04 Å². The van der Waals surface area contributed by atoms with Gasteiger partial charge in [-0.25, -0.2) is 0 Å². The number of carbonyl (C=O) groups excluding carboxylic acids is 1. The molecule has 0 N–H and O–H groups in total. The quantitative estimate of drug-likeness (QED) is 0.179. The number of hydrogen-bond donors (Lipinski definition) is 0. The Morgan fingerprint density at radius 3 is 2.05 bits per heavy atom. The molecule has 2 aliphatic heterocycles. The summed E-state index contributed by atoms with van der Waals surface area (Å²) in [6.45, 7) is 22.8. The molecular formula is C37H62N2O2+2. The third-order valence-electron chi connectivity index (χ3n) is 14.7. The summed E-state index contributed by atoms with van der Waals surface area (Å²) in [7, 11) is 0. The molecule has 6 fully saturated rings. The van der Waals surface area contributed by atoms with Gasteiger partial charge in [0.25, 0.3) is 0 Å². The van der Waals surface area contributed by atoms with Crippen LogP contribution in [0.15, 0.2) is 25.3 Å². The molecule has 2 heterocycles. The summed E-state index contributed by atoms with van der Waals surface area (Å²) in [6.07, 6.45) is 23.6. The number of nitrogens with zero attached hydrogens (tertiary/aromatic N) is 2. The molecule has 6 aliphatic rings. The van der Waals surface area contributed by atoms with Crippen LogP contribution in [0.3, 0.4) is 0 Å². The number of hydrogen-bond acceptors (Lipinski definition) is 2. The lowest BCUT2D eigenvalue weighted by Crippen LogP contribution is -2.63. The molecule has 0 spiro atoms. The van der Waals surface area contributed by atoms with Crippen LogP contribution in [0.1, 0.15) is 111 Å². The van der Waals surface area contributed by atoms with E-state index in [0.29, 0.717) is 17.4 Å². The Kier molecular flexibility index (Phi) is 8.33. The SMILES string of the molecule is C=CC[N+]1([C@@H]2CCC3CCC4C(CC[C@@]5(C)C4C[C@H]([N+]4(CC=C)CCCCC4)[C@@H]5OC(C)=O)[C@@]3(C)C2)CCCCC1. The van der Waals surface area contributed by atoms with Crippen molar-refractivity contribution in [2.24, 2.45) is 34.5 Å². The minimum Gasteiger partial charge on any atom is -0.456 e. The van der Waals surface area contributed by atoms with Gasteiger partial charge in [0.15, 0.2) is 6.10 Å². The van der Waals surface area contributed by atoms with Crippen molar-refractivity contribution < 1.29 is 18.5 Å². The summed E-state index contributed by atoms with van der Waals surface area (Å²) >= 11 is 0. The van der Waals surface area contributed by atoms with Gasteiger partial charge in [-0.1, -0.05) is 27.0 Å². The molecule has 4 saturated carbocycles. The van der Waals surface area contributed by atoms with Crippen molar-refractivity contribution in [3.63, 3.8) is 0 Å². The first-order chi connectivity index (χ1) is 19.7. The number of fused-ring (bicyclic) bond motifs is 5. The molecule has 0 radical (unpaired) electrons. The van der Waals surface area contributed by atoms with Gasteiger partial charge in [0.2, 0.25) is 0 Å². The fourth-order valence-electron chi connectivity index (χ4n) is 12.8. The largest absolute Gasteiger partial charge is 0.456 e. The number of piperidine rings is 2. The van der Waals surface area contributed by atoms with Gasteiger partial charge in [-0.05, 0) is 118 Å². The van der Waals surface area contributed by atoms with Crippen LogP contribution >= 0.6 is 0 Å². The maximum atomic E-state index is 12.6. The van der Waals surface area contributed by atoms with Crippen LogP contribution in [0.2, 0.25) is 0 Å². The second kappa shape index (κ2) is 11.4. The summed E-state index contributed by atoms with van der Waals surface area (Å²) < 4.78 is 8.92. The lowest BCUT2D eigenvalue weighted by Gasteiger charge is -2.62. The van der Waals surface area contributed by atoms with Gasteiger partial charge in [-0.2, -0.15) is 0 Å². The summed E-state index contributed by atoms with van der Waals surface area (Å²) in [5.41, 5.74) is 0.576. The molecule has 0 bridgehead atoms. The molecule has 9 atom stereocenters. The van der Waals surface area contributed by atoms with Crippen molar-refractivity contribution >= 4 is 5.97 Å². The number of likely N-dealkylation sites (tertiary alicyclic amines) is 2. The minimum atomic E-state index is -0.0682. The highest BCUT2D eigenvalue weighted by Gasteiger charge is 2.67. The van der Waals surface area contributed by atoms with E-state index in [9.17, 15) is 4.79 Å². The van der Waals surface area contributed by atoms with Gasteiger partial charge < -0.3 is 13.7 Å². The van der Waals surface area contributed by atoms with Crippen LogP contribution in [0, 0.1) is 34.5 Å². The van der Waals surface area contributed by atoms with E-state index in [1.165, 1.54) is 127 Å². The van der Waals surface area contributed by atoms with Crippen LogP contribution in [-0.2, 0) is 9.53 Å². The van der Waals surface area contributed by atoms with Crippen molar-refractivity contribution in [2.75, 3.05) is 39.3 Å². The van der Waals surface area contributed by atoms with Gasteiger partial charge >= 0.3 is 5.97 Å². The van der Waals surface area contributed by atoms with Crippen molar-refractivity contribution in [3.05, 3.63) is 25.3 Å². The third-order valence-corrected chi connectivity index (χ3v) is 14.7. The Balaban J connectivity index is 1.30. The van der Waals surface area contributed by atoms with Crippen LogP contribution < -0.4 is 0 Å². The summed E-state index contributed by atoms with van der Waals surface area (Å²) in [4.78, 5) is 12.6. The zero-order chi connectivity index (χ0) is 28.9. The molecular weight excluding hydrogens is 504 g/mol. The highest BCUT2D eigenvalue weighted by Crippen LogP contribution is 2.68. The average Bonchev–Trinajstić information content (AvgIpc) is 3.26. The highest BCUT2D eigenvalue weighted by atomic mass is 16.5. The van der Waals surface area contributed by atoms with Crippen molar-refractivity contribution in [1.82, 2.24) is 0 Å². The fourth-order valence-corrected chi connectivity index (χ4v) is 12.8. The van der Waals surface area contributed by atoms with E-state index in [2.05, 4.69) is 39.2 Å². The second-order valence-corrected chi connectivity index (χ2v) is 16.4. The Morgan fingerprint density at radius 1 is 0.805 bits per heavy atom. The standard InChI is InChI=1S/C37H62N2O2/c1-6-20-38(22-10-8-11-23-38)30-16-14-29-15-17-31-32(37(29,5)27-30)18-19-36(4)33(31)26-34(35(36)41-28(3)40)39(21-7-2)24-12-9-13-25-39/h6-7,29-35H,1-2,8-27H2,3-5H3/q+2/t29?,30-,31?,32?,33?,34+,35+,36+,37+/m1/s1. The van der Waals surface area contributed by atoms with Crippen molar-refractivity contribution in [1.29, 1.82) is 0 Å². The molecule has 41 heavy (non-hydrogen) atoms. The Labute approximate surface area is 252 Å². The Morgan fingerprint density at radius 2 is 1.41 bits per heavy atom. The van der Waals surface area contributed by atoms with Crippen LogP contribution in [0.4, 0.5) is 0 Å². The summed E-state index contributed by atoms with van der Waals surface area (Å²) in [6, 6.07) is 1.26. The van der Waals surface area contributed by atoms with Gasteiger partial charge in [0.05, 0.1) is 45.3 Å². The van der Waals surface area contributed by atoms with E-state index in [1.807, 2.05) is 0 Å². The molecule has 0 aromatic heterocycles. The lowest BCUT2D eigenvalue weighted by molar-refractivity contribution is -0.952. The monoisotopic (exact) mass is 566 g/mol. The van der Waals surface area contributed by atoms with Crippen LogP contribution in [0.25, 0.3) is 0 Å². The first-order valence-electron chi connectivity index (χ1n) is 17.8. The normalized spacial score (nSPS) is 45.0. The first kappa shape index (κ1) is 29.9. The van der Waals surface area contributed by atoms with Crippen molar-refractivity contribution in [3.8, 4) is 0 Å². The fraction of sp³-hybridized carbons (Fsp3) is 0.865. The lowest BCUT2D eigenvalue weighted by atomic mass is 9.44. The average molecular weight is 567 g/mol. The van der Waals surface area contributed by atoms with Gasteiger partial charge in [0, 0.05) is 25.2 Å². The molecule has 2 saturated heterocycles. The van der Waals surface area contributed by atoms with E-state index < -0.39 is 0 Å². The number of carbonyl (C=O) groups is 1. The molecule has 230 valence electrons. The number of ether oxygens (including phenoxy) is 1. The predicted octanol–water partition coefficient (Wildman–Crippen LogP) is 7.68. The van der Waals surface area contributed by atoms with E-state index in [-0.39, 0.29) is 17.5 Å². The predicted molar refractivity (Wildman–Crippen MR) is 168 cm³/mol. The highest BCUT2D eigenvalue weighted by molar-refractivity contribution is 5.66. The Hall–Kier alpha value is -1.13. The molecule has 4 heteroatoms. The van der Waals surface area contributed by atoms with Crippen molar-refractivity contribution in [2.45, 2.75) is 129 Å². The van der Waals surface area contributed by atoms with Crippen LogP contribution in [-0.4, -0.2) is 72.4 Å². The zero-order valence-electron chi connectivity index (χ0n) is 27.0. The number of esters is 1. The van der Waals surface area contributed by atoms with E-state index in [0.717, 1.165) is 34.8 Å². The number of rotatable bonds is 7. The minimum absolute atomic E-state index is 0.0587. The number of quaternary nitrogens is 2. The van der Waals surface area contributed by atoms with Crippen LogP contribution in [0.5, 0.6) is 0 Å². The smallest absolute Gasteiger partial charge is 0.303 e. The molecule has 0 aromatic rings. The second-order valence-electron chi connectivity index (χ2n) is 16.4. The van der Waals surface area contributed by atoms with Gasteiger partial charge in [-0.3, -0.25) is 4.79 Å². The molecule has 4 nitrogen and oxygen atoms in total. The Bertz CT molecular complexity index is 979.